The maximum atomic E-state index is 6.05. The maximum absolute atomic E-state index is 6.05. The number of nitrogens with two attached hydrogens (primary N) is 1. The van der Waals surface area contributed by atoms with Gasteiger partial charge in [0, 0.05) is 22.6 Å². The molecule has 1 unspecified atom stereocenters. The first-order valence-electron chi connectivity index (χ1n) is 5.85. The zero-order chi connectivity index (χ0) is 13.8. The maximum Gasteiger partial charge on any atom is 0.0623 e. The lowest BCUT2D eigenvalue weighted by molar-refractivity contribution is 0.0117. The number of ether oxygens (including phenoxy) is 1. The standard InChI is InChI=1S/C13H20BrClN2O/c1-13(2,18-3)5-4-12(17-16)9-6-10(14)8-11(15)7-9/h6-8,12,17H,4-5,16H2,1-3H3. The van der Waals surface area contributed by atoms with Crippen LogP contribution in [0.4, 0.5) is 0 Å². The molecule has 3 nitrogen and oxygen atoms in total. The molecule has 1 aromatic carbocycles. The summed E-state index contributed by atoms with van der Waals surface area (Å²) in [4.78, 5) is 0. The Labute approximate surface area is 122 Å². The van der Waals surface area contributed by atoms with Crippen molar-refractivity contribution in [2.24, 2.45) is 5.84 Å². The number of hydrogen-bond donors (Lipinski definition) is 2. The van der Waals surface area contributed by atoms with Gasteiger partial charge in [0.15, 0.2) is 0 Å². The van der Waals surface area contributed by atoms with Crippen molar-refractivity contribution in [3.63, 3.8) is 0 Å². The topological polar surface area (TPSA) is 47.3 Å². The average molecular weight is 336 g/mol. The van der Waals surface area contributed by atoms with Gasteiger partial charge in [-0.1, -0.05) is 27.5 Å². The van der Waals surface area contributed by atoms with Gasteiger partial charge in [-0.3, -0.25) is 11.3 Å². The van der Waals surface area contributed by atoms with Gasteiger partial charge >= 0.3 is 0 Å². The fourth-order valence-electron chi connectivity index (χ4n) is 1.72. The first-order valence-corrected chi connectivity index (χ1v) is 7.02. The van der Waals surface area contributed by atoms with Gasteiger partial charge in [0.25, 0.3) is 0 Å². The Balaban J connectivity index is 2.77. The molecule has 18 heavy (non-hydrogen) atoms. The molecule has 3 N–H and O–H groups in total. The number of benzene rings is 1. The minimum Gasteiger partial charge on any atom is -0.379 e. The molecule has 1 aromatic rings. The van der Waals surface area contributed by atoms with Crippen LogP contribution in [0.25, 0.3) is 0 Å². The molecule has 0 heterocycles. The van der Waals surface area contributed by atoms with Gasteiger partial charge in [-0.15, -0.1) is 0 Å². The molecule has 0 aliphatic carbocycles. The number of hydrogen-bond acceptors (Lipinski definition) is 3. The van der Waals surface area contributed by atoms with Gasteiger partial charge in [0.05, 0.1) is 5.60 Å². The molecule has 0 spiro atoms. The van der Waals surface area contributed by atoms with Gasteiger partial charge in [0.1, 0.15) is 0 Å². The molecule has 0 aromatic heterocycles. The molecule has 0 aliphatic rings. The Morgan fingerprint density at radius 3 is 2.61 bits per heavy atom. The third-order valence-electron chi connectivity index (χ3n) is 3.08. The monoisotopic (exact) mass is 334 g/mol. The van der Waals surface area contributed by atoms with Crippen LogP contribution in [0, 0.1) is 0 Å². The fraction of sp³-hybridized carbons (Fsp3) is 0.538. The second kappa shape index (κ2) is 6.87. The summed E-state index contributed by atoms with van der Waals surface area (Å²) in [6, 6.07) is 5.87. The van der Waals surface area contributed by atoms with Crippen LogP contribution in [0.5, 0.6) is 0 Å². The lowest BCUT2D eigenvalue weighted by atomic mass is 9.95. The van der Waals surface area contributed by atoms with E-state index in [1.807, 2.05) is 18.2 Å². The van der Waals surface area contributed by atoms with Gasteiger partial charge in [-0.2, -0.15) is 0 Å². The van der Waals surface area contributed by atoms with E-state index in [1.54, 1.807) is 7.11 Å². The molecule has 0 amide bonds. The summed E-state index contributed by atoms with van der Waals surface area (Å²) in [5.41, 5.74) is 3.76. The molecule has 0 saturated carbocycles. The molecule has 1 atom stereocenters. The highest BCUT2D eigenvalue weighted by atomic mass is 79.9. The molecule has 0 radical (unpaired) electrons. The first kappa shape index (κ1) is 15.9. The third-order valence-corrected chi connectivity index (χ3v) is 3.75. The Morgan fingerprint density at radius 1 is 1.44 bits per heavy atom. The Hall–Kier alpha value is -0.130. The van der Waals surface area contributed by atoms with Crippen LogP contribution in [0.2, 0.25) is 5.02 Å². The van der Waals surface area contributed by atoms with Gasteiger partial charge in [-0.25, -0.2) is 0 Å². The van der Waals surface area contributed by atoms with E-state index in [0.717, 1.165) is 22.9 Å². The lowest BCUT2D eigenvalue weighted by Gasteiger charge is -2.26. The number of nitrogens with one attached hydrogen (secondary N) is 1. The predicted molar refractivity (Wildman–Crippen MR) is 79.5 cm³/mol. The van der Waals surface area contributed by atoms with Crippen LogP contribution in [0.1, 0.15) is 38.3 Å². The lowest BCUT2D eigenvalue weighted by Crippen LogP contribution is -2.31. The minimum atomic E-state index is -0.148. The molecule has 0 saturated heterocycles. The minimum absolute atomic E-state index is 0.0643. The quantitative estimate of drug-likeness (QED) is 0.614. The van der Waals surface area contributed by atoms with E-state index in [9.17, 15) is 0 Å². The molecule has 0 bridgehead atoms. The van der Waals surface area contributed by atoms with Crippen LogP contribution in [0.3, 0.4) is 0 Å². The van der Waals surface area contributed by atoms with E-state index >= 15 is 0 Å². The zero-order valence-corrected chi connectivity index (χ0v) is 13.3. The highest BCUT2D eigenvalue weighted by molar-refractivity contribution is 9.10. The Morgan fingerprint density at radius 2 is 2.11 bits per heavy atom. The Kier molecular flexibility index (Phi) is 6.08. The van der Waals surface area contributed by atoms with Crippen LogP contribution < -0.4 is 11.3 Å². The van der Waals surface area contributed by atoms with Crippen molar-refractivity contribution in [2.75, 3.05) is 7.11 Å². The van der Waals surface area contributed by atoms with E-state index in [-0.39, 0.29) is 11.6 Å². The van der Waals surface area contributed by atoms with Crippen LogP contribution >= 0.6 is 27.5 Å². The number of hydrazine groups is 1. The van der Waals surface area contributed by atoms with E-state index in [4.69, 9.17) is 22.2 Å². The van der Waals surface area contributed by atoms with E-state index in [0.29, 0.717) is 5.02 Å². The molecule has 102 valence electrons. The van der Waals surface area contributed by atoms with E-state index in [2.05, 4.69) is 35.2 Å². The first-order chi connectivity index (χ1) is 8.38. The van der Waals surface area contributed by atoms with E-state index in [1.165, 1.54) is 0 Å². The summed E-state index contributed by atoms with van der Waals surface area (Å²) in [6.07, 6.45) is 1.78. The molecular formula is C13H20BrClN2O. The van der Waals surface area contributed by atoms with Crippen molar-refractivity contribution in [3.05, 3.63) is 33.3 Å². The van der Waals surface area contributed by atoms with Crippen molar-refractivity contribution in [1.29, 1.82) is 0 Å². The molecule has 0 fully saturated rings. The zero-order valence-electron chi connectivity index (χ0n) is 11.0. The third kappa shape index (κ3) is 4.86. The number of methoxy groups -OCH3 is 1. The second-order valence-corrected chi connectivity index (χ2v) is 6.28. The molecule has 5 heteroatoms. The van der Waals surface area contributed by atoms with Crippen molar-refractivity contribution in [1.82, 2.24) is 5.43 Å². The predicted octanol–water partition coefficient (Wildman–Crippen LogP) is 3.81. The van der Waals surface area contributed by atoms with E-state index < -0.39 is 0 Å². The van der Waals surface area contributed by atoms with Crippen LogP contribution in [-0.4, -0.2) is 12.7 Å². The summed E-state index contributed by atoms with van der Waals surface area (Å²) in [6.45, 7) is 4.13. The summed E-state index contributed by atoms with van der Waals surface area (Å²) in [5, 5.41) is 0.700. The van der Waals surface area contributed by atoms with Crippen molar-refractivity contribution >= 4 is 27.5 Å². The largest absolute Gasteiger partial charge is 0.379 e. The molecule has 1 rings (SSSR count). The van der Waals surface area contributed by atoms with Crippen LogP contribution in [-0.2, 0) is 4.74 Å². The summed E-state index contributed by atoms with van der Waals surface area (Å²) in [7, 11) is 1.72. The fourth-order valence-corrected chi connectivity index (χ4v) is 2.60. The van der Waals surface area contributed by atoms with Crippen molar-refractivity contribution in [3.8, 4) is 0 Å². The molecule has 0 aliphatic heterocycles. The van der Waals surface area contributed by atoms with Crippen LogP contribution in [0.15, 0.2) is 22.7 Å². The second-order valence-electron chi connectivity index (χ2n) is 4.92. The summed E-state index contributed by atoms with van der Waals surface area (Å²) < 4.78 is 6.37. The summed E-state index contributed by atoms with van der Waals surface area (Å²) in [5.74, 6) is 5.63. The van der Waals surface area contributed by atoms with Gasteiger partial charge in [-0.05, 0) is 50.5 Å². The molecular weight excluding hydrogens is 316 g/mol. The number of rotatable bonds is 6. The van der Waals surface area contributed by atoms with Crippen molar-refractivity contribution < 1.29 is 4.74 Å². The van der Waals surface area contributed by atoms with Crippen molar-refractivity contribution in [2.45, 2.75) is 38.3 Å². The number of halogens is 2. The van der Waals surface area contributed by atoms with Gasteiger partial charge < -0.3 is 4.74 Å². The van der Waals surface area contributed by atoms with Gasteiger partial charge in [0.2, 0.25) is 0 Å². The SMILES string of the molecule is COC(C)(C)CCC(NN)c1cc(Cl)cc(Br)c1. The smallest absolute Gasteiger partial charge is 0.0623 e. The summed E-state index contributed by atoms with van der Waals surface area (Å²) >= 11 is 9.48. The normalized spacial score (nSPS) is 13.7. The highest BCUT2D eigenvalue weighted by Gasteiger charge is 2.20. The Bertz CT molecular complexity index is 378. The average Bonchev–Trinajstić information content (AvgIpc) is 2.28. The highest BCUT2D eigenvalue weighted by Crippen LogP contribution is 2.28.